The van der Waals surface area contributed by atoms with Crippen LogP contribution in [0.15, 0.2) is 0 Å². The van der Waals surface area contributed by atoms with Crippen LogP contribution in [0, 0.1) is 5.92 Å². The Bertz CT molecular complexity index is 178. The molecule has 2 unspecified atom stereocenters. The van der Waals surface area contributed by atoms with Crippen molar-refractivity contribution in [3.05, 3.63) is 0 Å². The van der Waals surface area contributed by atoms with Gasteiger partial charge in [0.25, 0.3) is 0 Å². The van der Waals surface area contributed by atoms with Gasteiger partial charge in [0.15, 0.2) is 0 Å². The lowest BCUT2D eigenvalue weighted by atomic mass is 9.99. The van der Waals surface area contributed by atoms with Gasteiger partial charge in [-0.1, -0.05) is 0 Å². The second kappa shape index (κ2) is 5.83. The summed E-state index contributed by atoms with van der Waals surface area (Å²) >= 11 is 0. The summed E-state index contributed by atoms with van der Waals surface area (Å²) in [4.78, 5) is 2.70. The Labute approximate surface area is 93.6 Å². The van der Waals surface area contributed by atoms with Gasteiger partial charge in [0, 0.05) is 19.1 Å². The van der Waals surface area contributed by atoms with Crippen molar-refractivity contribution in [2.75, 3.05) is 39.8 Å². The fourth-order valence-electron chi connectivity index (χ4n) is 3.01. The molecular formula is C12H25N3. The van der Waals surface area contributed by atoms with Crippen LogP contribution in [0.25, 0.3) is 0 Å². The van der Waals surface area contributed by atoms with Crippen LogP contribution in [-0.2, 0) is 0 Å². The molecule has 2 aliphatic rings. The third-order valence-electron chi connectivity index (χ3n) is 3.83. The van der Waals surface area contributed by atoms with Crippen LogP contribution in [0.4, 0.5) is 0 Å². The van der Waals surface area contributed by atoms with Crippen molar-refractivity contribution in [3.8, 4) is 0 Å². The molecule has 0 bridgehead atoms. The summed E-state index contributed by atoms with van der Waals surface area (Å²) < 4.78 is 0. The van der Waals surface area contributed by atoms with E-state index in [9.17, 15) is 0 Å². The Morgan fingerprint density at radius 2 is 2.27 bits per heavy atom. The van der Waals surface area contributed by atoms with Crippen molar-refractivity contribution < 1.29 is 0 Å². The van der Waals surface area contributed by atoms with E-state index in [0.29, 0.717) is 0 Å². The van der Waals surface area contributed by atoms with E-state index in [4.69, 9.17) is 0 Å². The highest BCUT2D eigenvalue weighted by molar-refractivity contribution is 4.83. The third kappa shape index (κ3) is 3.16. The molecule has 0 amide bonds. The molecule has 2 heterocycles. The van der Waals surface area contributed by atoms with Gasteiger partial charge in [-0.15, -0.1) is 0 Å². The van der Waals surface area contributed by atoms with Crippen molar-refractivity contribution in [2.24, 2.45) is 5.92 Å². The molecule has 0 aromatic carbocycles. The maximum Gasteiger partial charge on any atom is 0.0221 e. The molecule has 2 fully saturated rings. The quantitative estimate of drug-likeness (QED) is 0.716. The second-order valence-electron chi connectivity index (χ2n) is 5.06. The van der Waals surface area contributed by atoms with E-state index in [1.165, 1.54) is 58.4 Å². The number of hydrogen-bond acceptors (Lipinski definition) is 3. The second-order valence-corrected chi connectivity index (χ2v) is 5.06. The van der Waals surface area contributed by atoms with Crippen molar-refractivity contribution >= 4 is 0 Å². The molecule has 0 aromatic rings. The monoisotopic (exact) mass is 211 g/mol. The van der Waals surface area contributed by atoms with Gasteiger partial charge in [-0.25, -0.2) is 0 Å². The molecule has 88 valence electrons. The summed E-state index contributed by atoms with van der Waals surface area (Å²) in [5.41, 5.74) is 0. The van der Waals surface area contributed by atoms with Gasteiger partial charge < -0.3 is 10.6 Å². The van der Waals surface area contributed by atoms with E-state index in [-0.39, 0.29) is 0 Å². The normalized spacial score (nSPS) is 33.4. The molecule has 3 nitrogen and oxygen atoms in total. The topological polar surface area (TPSA) is 27.3 Å². The first kappa shape index (κ1) is 11.4. The van der Waals surface area contributed by atoms with Gasteiger partial charge in [-0.05, 0) is 58.3 Å². The van der Waals surface area contributed by atoms with E-state index >= 15 is 0 Å². The molecule has 0 radical (unpaired) electrons. The minimum atomic E-state index is 0.803. The predicted octanol–water partition coefficient (Wildman–Crippen LogP) is 0.670. The minimum absolute atomic E-state index is 0.803. The molecule has 0 aromatic heterocycles. The highest BCUT2D eigenvalue weighted by atomic mass is 15.2. The van der Waals surface area contributed by atoms with E-state index in [0.717, 1.165) is 12.0 Å². The third-order valence-corrected chi connectivity index (χ3v) is 3.83. The number of rotatable bonds is 4. The van der Waals surface area contributed by atoms with Crippen LogP contribution in [0.2, 0.25) is 0 Å². The summed E-state index contributed by atoms with van der Waals surface area (Å²) in [6.07, 6.45) is 5.58. The Morgan fingerprint density at radius 1 is 1.33 bits per heavy atom. The van der Waals surface area contributed by atoms with Crippen molar-refractivity contribution in [2.45, 2.75) is 31.7 Å². The van der Waals surface area contributed by atoms with E-state index < -0.39 is 0 Å². The zero-order valence-electron chi connectivity index (χ0n) is 9.97. The van der Waals surface area contributed by atoms with Gasteiger partial charge in [0.1, 0.15) is 0 Å². The standard InChI is InChI=1S/C12H25N3/c1-13-9-12-5-3-7-15(12)10-11-4-2-6-14-8-11/h11-14H,2-10H2,1H3. The first-order chi connectivity index (χ1) is 7.40. The number of hydrogen-bond donors (Lipinski definition) is 2. The largest absolute Gasteiger partial charge is 0.318 e. The maximum atomic E-state index is 3.51. The maximum absolute atomic E-state index is 3.51. The lowest BCUT2D eigenvalue weighted by molar-refractivity contribution is 0.193. The van der Waals surface area contributed by atoms with E-state index in [1.54, 1.807) is 0 Å². The van der Waals surface area contributed by atoms with Gasteiger partial charge >= 0.3 is 0 Å². The fraction of sp³-hybridized carbons (Fsp3) is 1.00. The highest BCUT2D eigenvalue weighted by Gasteiger charge is 2.26. The Morgan fingerprint density at radius 3 is 3.00 bits per heavy atom. The molecule has 2 N–H and O–H groups in total. The van der Waals surface area contributed by atoms with Crippen molar-refractivity contribution in [1.82, 2.24) is 15.5 Å². The summed E-state index contributed by atoms with van der Waals surface area (Å²) in [6, 6.07) is 0.803. The minimum Gasteiger partial charge on any atom is -0.318 e. The highest BCUT2D eigenvalue weighted by Crippen LogP contribution is 2.20. The van der Waals surface area contributed by atoms with Crippen LogP contribution in [0.5, 0.6) is 0 Å². The van der Waals surface area contributed by atoms with Crippen molar-refractivity contribution in [1.29, 1.82) is 0 Å². The fourth-order valence-corrected chi connectivity index (χ4v) is 3.01. The Balaban J connectivity index is 1.76. The number of likely N-dealkylation sites (N-methyl/N-ethyl adjacent to an activating group) is 1. The van der Waals surface area contributed by atoms with Crippen LogP contribution in [-0.4, -0.2) is 50.7 Å². The lowest BCUT2D eigenvalue weighted by Gasteiger charge is -2.31. The van der Waals surface area contributed by atoms with Crippen LogP contribution in [0.1, 0.15) is 25.7 Å². The number of likely N-dealkylation sites (tertiary alicyclic amines) is 1. The summed E-state index contributed by atoms with van der Waals surface area (Å²) in [7, 11) is 2.07. The number of piperidine rings is 1. The molecule has 0 spiro atoms. The molecule has 0 aliphatic carbocycles. The van der Waals surface area contributed by atoms with Crippen LogP contribution < -0.4 is 10.6 Å². The van der Waals surface area contributed by atoms with Gasteiger partial charge in [-0.3, -0.25) is 4.90 Å². The van der Waals surface area contributed by atoms with Gasteiger partial charge in [0.05, 0.1) is 0 Å². The lowest BCUT2D eigenvalue weighted by Crippen LogP contribution is -2.43. The molecular weight excluding hydrogens is 186 g/mol. The zero-order valence-corrected chi connectivity index (χ0v) is 9.97. The molecule has 3 heteroatoms. The summed E-state index contributed by atoms with van der Waals surface area (Å²) in [6.45, 7) is 6.28. The first-order valence-electron chi connectivity index (χ1n) is 6.49. The molecule has 2 aliphatic heterocycles. The first-order valence-corrected chi connectivity index (χ1v) is 6.49. The smallest absolute Gasteiger partial charge is 0.0221 e. The van der Waals surface area contributed by atoms with E-state index in [1.807, 2.05) is 0 Å². The molecule has 15 heavy (non-hydrogen) atoms. The summed E-state index contributed by atoms with van der Waals surface area (Å²) in [5.74, 6) is 0.899. The number of nitrogens with one attached hydrogen (secondary N) is 2. The number of nitrogens with zero attached hydrogens (tertiary/aromatic N) is 1. The van der Waals surface area contributed by atoms with Gasteiger partial charge in [0.2, 0.25) is 0 Å². The van der Waals surface area contributed by atoms with E-state index in [2.05, 4.69) is 22.6 Å². The van der Waals surface area contributed by atoms with Crippen LogP contribution >= 0.6 is 0 Å². The van der Waals surface area contributed by atoms with Crippen LogP contribution in [0.3, 0.4) is 0 Å². The summed E-state index contributed by atoms with van der Waals surface area (Å²) in [5, 5.41) is 6.83. The Kier molecular flexibility index (Phi) is 4.42. The molecule has 2 saturated heterocycles. The zero-order chi connectivity index (χ0) is 10.5. The average Bonchev–Trinajstić information content (AvgIpc) is 2.68. The Hall–Kier alpha value is -0.120. The average molecular weight is 211 g/mol. The molecule has 0 saturated carbocycles. The van der Waals surface area contributed by atoms with Crippen molar-refractivity contribution in [3.63, 3.8) is 0 Å². The predicted molar refractivity (Wildman–Crippen MR) is 64.1 cm³/mol. The SMILES string of the molecule is CNCC1CCCN1CC1CCCNC1. The molecule has 2 rings (SSSR count). The van der Waals surface area contributed by atoms with Gasteiger partial charge in [-0.2, -0.15) is 0 Å². The molecule has 2 atom stereocenters.